The zero-order valence-corrected chi connectivity index (χ0v) is 8.80. The Bertz CT molecular complexity index is 219. The first-order chi connectivity index (χ1) is 6.95. The van der Waals surface area contributed by atoms with Crippen LogP contribution in [0.1, 0.15) is 13.8 Å². The number of ether oxygens (including phenoxy) is 2. The summed E-state index contributed by atoms with van der Waals surface area (Å²) in [4.78, 5) is 21.0. The quantitative estimate of drug-likeness (QED) is 0.403. The lowest BCUT2D eigenvalue weighted by Gasteiger charge is -2.16. The van der Waals surface area contributed by atoms with Crippen LogP contribution in [0.25, 0.3) is 0 Å². The number of aliphatic hydroxyl groups is 2. The first-order valence-electron chi connectivity index (χ1n) is 4.55. The summed E-state index contributed by atoms with van der Waals surface area (Å²) in [5.74, 6) is -1.03. The molecule has 0 bridgehead atoms. The molecule has 0 fully saturated rings. The van der Waals surface area contributed by atoms with E-state index in [0.717, 1.165) is 0 Å². The third-order valence-corrected chi connectivity index (χ3v) is 1.55. The molecule has 0 aromatic rings. The SMILES string of the molecule is CC(=O)OCC(O)BC(CO)OC(C)=O. The van der Waals surface area contributed by atoms with Gasteiger partial charge in [-0.25, -0.2) is 0 Å². The molecule has 0 saturated heterocycles. The Labute approximate surface area is 88.4 Å². The number of esters is 2. The molecule has 0 heterocycles. The van der Waals surface area contributed by atoms with Crippen LogP contribution in [-0.2, 0) is 19.1 Å². The van der Waals surface area contributed by atoms with Gasteiger partial charge in [0.25, 0.3) is 0 Å². The molecular formula is C8H15BO6. The van der Waals surface area contributed by atoms with Crippen molar-refractivity contribution in [1.29, 1.82) is 0 Å². The van der Waals surface area contributed by atoms with Gasteiger partial charge in [-0.3, -0.25) is 9.59 Å². The summed E-state index contributed by atoms with van der Waals surface area (Å²) >= 11 is 0. The van der Waals surface area contributed by atoms with Crippen molar-refractivity contribution in [2.24, 2.45) is 0 Å². The first-order valence-corrected chi connectivity index (χ1v) is 4.55. The summed E-state index contributed by atoms with van der Waals surface area (Å²) in [5, 5.41) is 18.1. The van der Waals surface area contributed by atoms with Crippen molar-refractivity contribution in [3.8, 4) is 0 Å². The maximum Gasteiger partial charge on any atom is 0.302 e. The van der Waals surface area contributed by atoms with E-state index in [1.807, 2.05) is 0 Å². The molecule has 0 aliphatic rings. The number of rotatable bonds is 6. The van der Waals surface area contributed by atoms with E-state index in [9.17, 15) is 14.7 Å². The van der Waals surface area contributed by atoms with E-state index in [4.69, 9.17) is 5.11 Å². The predicted molar refractivity (Wildman–Crippen MR) is 52.4 cm³/mol. The molecule has 0 rings (SSSR count). The molecule has 7 heteroatoms. The van der Waals surface area contributed by atoms with E-state index in [1.54, 1.807) is 0 Å². The van der Waals surface area contributed by atoms with Crippen LogP contribution in [0.3, 0.4) is 0 Å². The maximum absolute atomic E-state index is 10.6. The Morgan fingerprint density at radius 3 is 2.33 bits per heavy atom. The van der Waals surface area contributed by atoms with Crippen molar-refractivity contribution in [3.05, 3.63) is 0 Å². The molecule has 6 nitrogen and oxygen atoms in total. The van der Waals surface area contributed by atoms with Gasteiger partial charge in [0.15, 0.2) is 0 Å². The van der Waals surface area contributed by atoms with Gasteiger partial charge < -0.3 is 19.7 Å². The molecule has 0 aliphatic heterocycles. The van der Waals surface area contributed by atoms with Crippen molar-refractivity contribution in [2.75, 3.05) is 13.2 Å². The first kappa shape index (κ1) is 13.9. The van der Waals surface area contributed by atoms with Gasteiger partial charge in [-0.15, -0.1) is 0 Å². The molecule has 0 amide bonds. The number of hydrogen-bond donors (Lipinski definition) is 2. The number of carbonyl (C=O) groups excluding carboxylic acids is 2. The summed E-state index contributed by atoms with van der Waals surface area (Å²) in [6.07, 6.45) is 0. The maximum atomic E-state index is 10.6. The minimum atomic E-state index is -0.953. The van der Waals surface area contributed by atoms with E-state index < -0.39 is 23.9 Å². The highest BCUT2D eigenvalue weighted by molar-refractivity contribution is 6.39. The molecule has 0 radical (unpaired) electrons. The third-order valence-electron chi connectivity index (χ3n) is 1.55. The minimum absolute atomic E-state index is 0.0311. The van der Waals surface area contributed by atoms with Gasteiger partial charge in [0.1, 0.15) is 6.61 Å². The zero-order chi connectivity index (χ0) is 11.8. The van der Waals surface area contributed by atoms with Crippen LogP contribution in [-0.4, -0.2) is 54.7 Å². The minimum Gasteiger partial charge on any atom is -0.469 e. The fraction of sp³-hybridized carbons (Fsp3) is 0.750. The van der Waals surface area contributed by atoms with Crippen molar-refractivity contribution in [2.45, 2.75) is 25.9 Å². The molecular weight excluding hydrogens is 203 g/mol. The fourth-order valence-electron chi connectivity index (χ4n) is 0.980. The second-order valence-corrected chi connectivity index (χ2v) is 3.11. The van der Waals surface area contributed by atoms with E-state index >= 15 is 0 Å². The standard InChI is InChI=1S/C8H15BO6/c1-5(11)14-4-7(13)9-8(3-10)15-6(2)12/h7-10,13H,3-4H2,1-2H3. The molecule has 0 aromatic carbocycles. The summed E-state index contributed by atoms with van der Waals surface area (Å²) in [6, 6.07) is -1.72. The van der Waals surface area contributed by atoms with Crippen molar-refractivity contribution >= 4 is 19.2 Å². The Hall–Kier alpha value is -1.08. The van der Waals surface area contributed by atoms with E-state index in [2.05, 4.69) is 9.47 Å². The van der Waals surface area contributed by atoms with Crippen LogP contribution < -0.4 is 0 Å². The Balaban J connectivity index is 3.84. The van der Waals surface area contributed by atoms with Crippen LogP contribution >= 0.6 is 0 Å². The van der Waals surface area contributed by atoms with Gasteiger partial charge in [-0.1, -0.05) is 0 Å². The monoisotopic (exact) mass is 218 g/mol. The van der Waals surface area contributed by atoms with E-state index in [1.165, 1.54) is 13.8 Å². The molecule has 86 valence electrons. The Kier molecular flexibility index (Phi) is 6.73. The summed E-state index contributed by atoms with van der Waals surface area (Å²) in [7, 11) is 0.0311. The third kappa shape index (κ3) is 7.96. The van der Waals surface area contributed by atoms with Crippen molar-refractivity contribution in [3.63, 3.8) is 0 Å². The van der Waals surface area contributed by atoms with E-state index in [0.29, 0.717) is 0 Å². The molecule has 0 aromatic heterocycles. The topological polar surface area (TPSA) is 93.1 Å². The second kappa shape index (κ2) is 7.25. The van der Waals surface area contributed by atoms with Gasteiger partial charge in [-0.05, 0) is 0 Å². The molecule has 0 aliphatic carbocycles. The van der Waals surface area contributed by atoms with Gasteiger partial charge >= 0.3 is 11.9 Å². The normalized spacial score (nSPS) is 13.9. The highest BCUT2D eigenvalue weighted by atomic mass is 16.6. The summed E-state index contributed by atoms with van der Waals surface area (Å²) < 4.78 is 9.23. The highest BCUT2D eigenvalue weighted by Gasteiger charge is 2.19. The van der Waals surface area contributed by atoms with Crippen LogP contribution in [0.15, 0.2) is 0 Å². The second-order valence-electron chi connectivity index (χ2n) is 3.11. The fourth-order valence-corrected chi connectivity index (χ4v) is 0.980. The molecule has 2 atom stereocenters. The Morgan fingerprint density at radius 1 is 1.33 bits per heavy atom. The van der Waals surface area contributed by atoms with E-state index in [-0.39, 0.29) is 20.5 Å². The lowest BCUT2D eigenvalue weighted by atomic mass is 9.66. The molecule has 0 spiro atoms. The zero-order valence-electron chi connectivity index (χ0n) is 8.80. The molecule has 2 N–H and O–H groups in total. The largest absolute Gasteiger partial charge is 0.469 e. The Morgan fingerprint density at radius 2 is 1.93 bits per heavy atom. The van der Waals surface area contributed by atoms with Gasteiger partial charge in [0.2, 0.25) is 7.28 Å². The van der Waals surface area contributed by atoms with Gasteiger partial charge in [0.05, 0.1) is 18.6 Å². The van der Waals surface area contributed by atoms with Crippen LogP contribution in [0.2, 0.25) is 0 Å². The number of carbonyl (C=O) groups is 2. The van der Waals surface area contributed by atoms with Gasteiger partial charge in [-0.2, -0.15) is 0 Å². The number of hydrogen-bond acceptors (Lipinski definition) is 6. The molecule has 2 unspecified atom stereocenters. The lowest BCUT2D eigenvalue weighted by molar-refractivity contribution is -0.145. The number of aliphatic hydroxyl groups excluding tert-OH is 2. The van der Waals surface area contributed by atoms with Crippen LogP contribution in [0.4, 0.5) is 0 Å². The summed E-state index contributed by atoms with van der Waals surface area (Å²) in [6.45, 7) is 1.88. The van der Waals surface area contributed by atoms with Crippen LogP contribution in [0, 0.1) is 0 Å². The molecule has 15 heavy (non-hydrogen) atoms. The average molecular weight is 218 g/mol. The summed E-state index contributed by atoms with van der Waals surface area (Å²) in [5.41, 5.74) is 0. The molecule has 0 saturated carbocycles. The van der Waals surface area contributed by atoms with Crippen molar-refractivity contribution < 1.29 is 29.3 Å². The van der Waals surface area contributed by atoms with Gasteiger partial charge in [0, 0.05) is 13.8 Å². The van der Waals surface area contributed by atoms with Crippen LogP contribution in [0.5, 0.6) is 0 Å². The predicted octanol–water partition coefficient (Wildman–Crippen LogP) is -1.81. The average Bonchev–Trinajstić information content (AvgIpc) is 2.13. The smallest absolute Gasteiger partial charge is 0.302 e. The highest BCUT2D eigenvalue weighted by Crippen LogP contribution is 1.95. The lowest BCUT2D eigenvalue weighted by Crippen LogP contribution is -2.37. The van der Waals surface area contributed by atoms with Crippen molar-refractivity contribution in [1.82, 2.24) is 0 Å².